The number of alkyl halides is 3. The van der Waals surface area contributed by atoms with Gasteiger partial charge in [0.1, 0.15) is 28.6 Å². The molecule has 0 unspecified atom stereocenters. The van der Waals surface area contributed by atoms with Gasteiger partial charge in [-0.1, -0.05) is 61.2 Å². The Hall–Kier alpha value is -6.97. The SMILES string of the molecule is C#CCN1C(=O)COc2cc(F)c(N=c3snc4n3CC(C)(C)C4)cc21.COc1c(Cl)ccc(Cl)c1C(=O)O.COc1nc(C)nc(NC(=O)NS(=O)(=O)c2ccccc2CCC(F)(F)F)n1.O=C(O)CNCP(=O)(O)O. The molecule has 0 fully saturated rings. The molecule has 5 aromatic rings. The summed E-state index contributed by atoms with van der Waals surface area (Å²) in [5.74, 6) is 0.648. The summed E-state index contributed by atoms with van der Waals surface area (Å²) in [6.07, 6.45) is -0.577. The van der Waals surface area contributed by atoms with Crippen LogP contribution in [0.3, 0.4) is 0 Å². The zero-order chi connectivity index (χ0) is 57.6. The number of aryl methyl sites for hydroxylation is 2. The molecule has 4 heterocycles. The number of sulfonamides is 1. The molecular formula is C44H47Cl2F4N10O14PS2. The van der Waals surface area contributed by atoms with E-state index in [-0.39, 0.29) is 74.9 Å². The third-order valence-electron chi connectivity index (χ3n) is 9.81. The molecule has 3 aromatic carbocycles. The fraction of sp³-hybridized carbons (Fsp3) is 0.341. The van der Waals surface area contributed by atoms with E-state index < -0.39 is 78.2 Å². The average Bonchev–Trinajstić information content (AvgIpc) is 3.84. The van der Waals surface area contributed by atoms with Gasteiger partial charge in [0.2, 0.25) is 10.7 Å². The summed E-state index contributed by atoms with van der Waals surface area (Å²) in [4.78, 5) is 78.4. The van der Waals surface area contributed by atoms with Gasteiger partial charge in [-0.2, -0.15) is 32.5 Å². The molecule has 0 spiro atoms. The smallest absolute Gasteiger partial charge is 0.389 e. The number of aromatic carboxylic acids is 1. The third kappa shape index (κ3) is 18.9. The fourth-order valence-corrected chi connectivity index (χ4v) is 9.45. The number of aliphatic carboxylic acids is 1. The molecule has 2 aromatic heterocycles. The minimum Gasteiger partial charge on any atom is -0.494 e. The molecule has 416 valence electrons. The van der Waals surface area contributed by atoms with E-state index in [1.807, 2.05) is 4.57 Å². The predicted molar refractivity (Wildman–Crippen MR) is 270 cm³/mol. The summed E-state index contributed by atoms with van der Waals surface area (Å²) in [6, 6.07) is 9.46. The number of aromatic nitrogens is 5. The number of rotatable bonds is 14. The summed E-state index contributed by atoms with van der Waals surface area (Å²) in [5.41, 5.74) is 0.492. The second-order valence-corrected chi connectivity index (χ2v) is 21.4. The number of nitrogens with zero attached hydrogens (tertiary/aromatic N) is 7. The number of carboxylic acids is 2. The van der Waals surface area contributed by atoms with E-state index in [9.17, 15) is 49.7 Å². The minimum atomic E-state index is -4.45. The number of nitrogens with one attached hydrogen (secondary N) is 3. The lowest BCUT2D eigenvalue weighted by atomic mass is 9.92. The van der Waals surface area contributed by atoms with E-state index in [4.69, 9.17) is 63.8 Å². The first-order valence-corrected chi connectivity index (χ1v) is 26.5. The highest BCUT2D eigenvalue weighted by Gasteiger charge is 2.32. The zero-order valence-electron chi connectivity index (χ0n) is 40.9. The molecule has 2 aliphatic rings. The van der Waals surface area contributed by atoms with E-state index in [2.05, 4.69) is 54.7 Å². The highest BCUT2D eigenvalue weighted by Crippen LogP contribution is 2.38. The Bertz CT molecular complexity index is 3280. The average molecular weight is 1180 g/mol. The van der Waals surface area contributed by atoms with Crippen molar-refractivity contribution in [3.63, 3.8) is 0 Å². The number of anilines is 2. The largest absolute Gasteiger partial charge is 0.494 e. The number of halogens is 6. The van der Waals surface area contributed by atoms with Gasteiger partial charge in [0.05, 0.1) is 54.2 Å². The minimum absolute atomic E-state index is 0.0715. The van der Waals surface area contributed by atoms with Crippen molar-refractivity contribution in [3.8, 4) is 29.9 Å². The Kier molecular flexibility index (Phi) is 21.8. The number of amides is 3. The van der Waals surface area contributed by atoms with Gasteiger partial charge in [-0.15, -0.1) is 6.42 Å². The Balaban J connectivity index is 0.000000240. The molecule has 33 heteroatoms. The number of urea groups is 1. The van der Waals surface area contributed by atoms with Crippen LogP contribution < -0.4 is 39.3 Å². The summed E-state index contributed by atoms with van der Waals surface area (Å²) in [7, 11) is -5.90. The lowest BCUT2D eigenvalue weighted by Crippen LogP contribution is -2.39. The first-order chi connectivity index (χ1) is 35.9. The Morgan fingerprint density at radius 2 is 1.73 bits per heavy atom. The molecule has 0 bridgehead atoms. The van der Waals surface area contributed by atoms with Crippen molar-refractivity contribution in [3.05, 3.63) is 92.0 Å². The monoisotopic (exact) mass is 1180 g/mol. The van der Waals surface area contributed by atoms with Gasteiger partial charge in [0, 0.05) is 37.0 Å². The number of carbonyl (C=O) groups is 4. The van der Waals surface area contributed by atoms with Crippen LogP contribution in [0.15, 0.2) is 58.4 Å². The Morgan fingerprint density at radius 3 is 2.32 bits per heavy atom. The van der Waals surface area contributed by atoms with E-state index >= 15 is 0 Å². The number of carbonyl (C=O) groups excluding carboxylic acids is 2. The molecule has 0 aliphatic carbocycles. The van der Waals surface area contributed by atoms with Gasteiger partial charge >= 0.3 is 37.8 Å². The number of carboxylic acid groups (broad SMARTS) is 2. The Labute approximate surface area is 449 Å². The molecule has 7 rings (SSSR count). The molecule has 7 N–H and O–H groups in total. The summed E-state index contributed by atoms with van der Waals surface area (Å²) in [6.45, 7) is 6.12. The maximum atomic E-state index is 14.5. The third-order valence-corrected chi connectivity index (χ3v) is 13.3. The fourth-order valence-electron chi connectivity index (χ4n) is 6.64. The van der Waals surface area contributed by atoms with Crippen LogP contribution >= 0.6 is 42.3 Å². The maximum Gasteiger partial charge on any atom is 0.389 e. The molecule has 0 radical (unpaired) electrons. The van der Waals surface area contributed by atoms with Crippen LogP contribution in [0, 0.1) is 30.5 Å². The van der Waals surface area contributed by atoms with Crippen LogP contribution in [-0.4, -0.2) is 123 Å². The number of hydrogen-bond acceptors (Lipinski definition) is 17. The highest BCUT2D eigenvalue weighted by molar-refractivity contribution is 7.90. The van der Waals surface area contributed by atoms with Crippen molar-refractivity contribution in [1.82, 2.24) is 33.9 Å². The molecule has 24 nitrogen and oxygen atoms in total. The van der Waals surface area contributed by atoms with Crippen LogP contribution in [0.25, 0.3) is 0 Å². The number of methoxy groups -OCH3 is 2. The summed E-state index contributed by atoms with van der Waals surface area (Å²) in [5, 5.41) is 21.3. The molecular weight excluding hydrogens is 1130 g/mol. The quantitative estimate of drug-likeness (QED) is 0.0384. The lowest BCUT2D eigenvalue weighted by molar-refractivity contribution is -0.136. The second kappa shape index (κ2) is 26.9. The normalized spacial score (nSPS) is 13.6. The van der Waals surface area contributed by atoms with Gasteiger partial charge in [-0.05, 0) is 48.6 Å². The number of hydrogen-bond donors (Lipinski definition) is 7. The maximum absolute atomic E-state index is 14.5. The van der Waals surface area contributed by atoms with Crippen molar-refractivity contribution >= 4 is 93.6 Å². The van der Waals surface area contributed by atoms with Gasteiger partial charge in [0.15, 0.2) is 18.2 Å². The number of ether oxygens (including phenoxy) is 3. The highest BCUT2D eigenvalue weighted by atomic mass is 35.5. The number of terminal acetylenes is 1. The first-order valence-electron chi connectivity index (χ1n) is 21.6. The topological polar surface area (TPSA) is 336 Å². The standard InChI is InChI=1S/C18H17FN4O2S.C15H16F3N5O4S.C8H6Cl2O3.C3H8NO5P/c1-4-5-22-13-7-12(11(19)6-14(13)25-9-16(22)24)20-17-23-10-18(2,3)8-15(23)21-26-17;1-9-19-12(22-14(20-9)27-2)21-13(24)23-28(25,26)11-6-4-3-5-10(11)7-8-15(16,17)18;1-13-7-5(10)3-2-4(9)6(7)8(11)12;5-3(6)1-4-2-10(7,8)9/h1,6-7H,5,8-10H2,2-3H3;3-6H,7-8H2,1-2H3,(H2,19,20,21,22,23,24);2-3H,1H3,(H,11,12);4H,1-2H2,(H,5,6)(H2,7,8,9). The van der Waals surface area contributed by atoms with Crippen molar-refractivity contribution < 1.29 is 83.9 Å². The first kappa shape index (κ1) is 62.6. The molecule has 0 saturated carbocycles. The van der Waals surface area contributed by atoms with E-state index in [0.29, 0.717) is 16.2 Å². The van der Waals surface area contributed by atoms with Crippen molar-refractivity contribution in [1.29, 1.82) is 0 Å². The summed E-state index contributed by atoms with van der Waals surface area (Å²) >= 11 is 12.6. The van der Waals surface area contributed by atoms with Crippen molar-refractivity contribution in [2.24, 2.45) is 10.4 Å². The molecule has 0 atom stereocenters. The summed E-state index contributed by atoms with van der Waals surface area (Å²) < 4.78 is 110. The number of benzene rings is 3. The zero-order valence-corrected chi connectivity index (χ0v) is 44.9. The predicted octanol–water partition coefficient (Wildman–Crippen LogP) is 5.95. The molecule has 0 saturated heterocycles. The Morgan fingerprint density at radius 1 is 1.05 bits per heavy atom. The van der Waals surface area contributed by atoms with Crippen LogP contribution in [0.4, 0.5) is 39.7 Å². The molecule has 3 amide bonds. The van der Waals surface area contributed by atoms with Gasteiger partial charge in [-0.25, -0.2) is 32.1 Å². The van der Waals surface area contributed by atoms with Crippen molar-refractivity contribution in [2.75, 3.05) is 50.4 Å². The van der Waals surface area contributed by atoms with Crippen molar-refractivity contribution in [2.45, 2.75) is 57.7 Å². The van der Waals surface area contributed by atoms with Gasteiger partial charge < -0.3 is 38.8 Å². The van der Waals surface area contributed by atoms with E-state index in [1.54, 1.807) is 4.72 Å². The van der Waals surface area contributed by atoms with Crippen LogP contribution in [0.1, 0.15) is 47.8 Å². The van der Waals surface area contributed by atoms with Gasteiger partial charge in [-0.3, -0.25) is 29.7 Å². The van der Waals surface area contributed by atoms with Gasteiger partial charge in [0.25, 0.3) is 15.9 Å². The molecule has 77 heavy (non-hydrogen) atoms. The van der Waals surface area contributed by atoms with Crippen LogP contribution in [0.5, 0.6) is 17.5 Å². The number of fused-ring (bicyclic) bond motifs is 2. The molecule has 2 aliphatic heterocycles. The second-order valence-electron chi connectivity index (χ2n) is 16.5. The van der Waals surface area contributed by atoms with E-state index in [1.165, 1.54) is 80.0 Å². The van der Waals surface area contributed by atoms with Crippen LogP contribution in [-0.2, 0) is 43.6 Å². The van der Waals surface area contributed by atoms with Crippen LogP contribution in [0.2, 0.25) is 10.0 Å². The lowest BCUT2D eigenvalue weighted by Gasteiger charge is -2.28. The van der Waals surface area contributed by atoms with E-state index in [0.717, 1.165) is 24.9 Å².